The Morgan fingerprint density at radius 3 is 2.84 bits per heavy atom. The first kappa shape index (κ1) is 14.3. The van der Waals surface area contributed by atoms with Crippen molar-refractivity contribution in [1.29, 1.82) is 0 Å². The van der Waals surface area contributed by atoms with Gasteiger partial charge in [-0.15, -0.1) is 0 Å². The van der Waals surface area contributed by atoms with Crippen molar-refractivity contribution in [2.75, 3.05) is 6.61 Å². The molecule has 0 radical (unpaired) electrons. The number of halogens is 1. The van der Waals surface area contributed by atoms with Gasteiger partial charge in [-0.3, -0.25) is 0 Å². The zero-order valence-corrected chi connectivity index (χ0v) is 12.3. The monoisotopic (exact) mass is 281 g/mol. The molecule has 4 nitrogen and oxygen atoms in total. The molecule has 0 bridgehead atoms. The molecular formula is C14H20ClN3O. The number of aliphatic hydroxyl groups is 1. The van der Waals surface area contributed by atoms with E-state index in [0.717, 1.165) is 16.9 Å². The van der Waals surface area contributed by atoms with Gasteiger partial charge in [-0.25, -0.2) is 4.98 Å². The minimum atomic E-state index is 0.187. The molecule has 0 fully saturated rings. The van der Waals surface area contributed by atoms with Crippen molar-refractivity contribution in [1.82, 2.24) is 14.9 Å². The van der Waals surface area contributed by atoms with E-state index in [0.29, 0.717) is 11.6 Å². The number of nitrogens with one attached hydrogen (secondary N) is 1. The fraction of sp³-hybridized carbons (Fsp3) is 0.500. The number of hydrogen-bond acceptors (Lipinski definition) is 3. The van der Waals surface area contributed by atoms with Gasteiger partial charge in [0.2, 0.25) is 0 Å². The minimum absolute atomic E-state index is 0.187. The summed E-state index contributed by atoms with van der Waals surface area (Å²) in [5.74, 6) is 1.19. The Morgan fingerprint density at radius 2 is 2.16 bits per heavy atom. The number of aryl methyl sites for hydroxylation is 1. The number of nitrogens with zero attached hydrogens (tertiary/aromatic N) is 2. The molecule has 1 aromatic heterocycles. The fourth-order valence-corrected chi connectivity index (χ4v) is 2.16. The molecule has 2 N–H and O–H groups in total. The van der Waals surface area contributed by atoms with Gasteiger partial charge in [0.05, 0.1) is 17.6 Å². The number of fused-ring (bicyclic) bond motifs is 1. The zero-order valence-electron chi connectivity index (χ0n) is 11.5. The summed E-state index contributed by atoms with van der Waals surface area (Å²) in [7, 11) is 2.00. The lowest BCUT2D eigenvalue weighted by Crippen LogP contribution is -2.34. The number of imidazole rings is 1. The third kappa shape index (κ3) is 3.08. The van der Waals surface area contributed by atoms with Gasteiger partial charge in [-0.1, -0.05) is 18.5 Å². The van der Waals surface area contributed by atoms with Crippen LogP contribution in [0.3, 0.4) is 0 Å². The van der Waals surface area contributed by atoms with Gasteiger partial charge in [-0.2, -0.15) is 0 Å². The van der Waals surface area contributed by atoms with Gasteiger partial charge in [0.15, 0.2) is 0 Å². The first-order valence-electron chi connectivity index (χ1n) is 6.48. The normalized spacial score (nSPS) is 14.8. The molecule has 2 atom stereocenters. The predicted octanol–water partition coefficient (Wildman–Crippen LogP) is 2.33. The van der Waals surface area contributed by atoms with E-state index in [9.17, 15) is 0 Å². The molecule has 0 aliphatic rings. The van der Waals surface area contributed by atoms with Crippen molar-refractivity contribution in [3.05, 3.63) is 29.0 Å². The highest BCUT2D eigenvalue weighted by Crippen LogP contribution is 2.19. The zero-order chi connectivity index (χ0) is 14.0. The number of hydrogen-bond donors (Lipinski definition) is 2. The highest BCUT2D eigenvalue weighted by atomic mass is 35.5. The van der Waals surface area contributed by atoms with E-state index in [4.69, 9.17) is 16.7 Å². The van der Waals surface area contributed by atoms with Crippen molar-refractivity contribution in [2.24, 2.45) is 13.0 Å². The second-order valence-electron chi connectivity index (χ2n) is 5.05. The Morgan fingerprint density at radius 1 is 1.42 bits per heavy atom. The first-order valence-corrected chi connectivity index (χ1v) is 6.85. The summed E-state index contributed by atoms with van der Waals surface area (Å²) in [6, 6.07) is 5.97. The molecule has 5 heteroatoms. The number of aliphatic hydroxyl groups excluding tert-OH is 1. The molecule has 1 aromatic carbocycles. The molecule has 0 spiro atoms. The quantitative estimate of drug-likeness (QED) is 0.884. The summed E-state index contributed by atoms with van der Waals surface area (Å²) in [5, 5.41) is 13.2. The van der Waals surface area contributed by atoms with Crippen molar-refractivity contribution in [2.45, 2.75) is 26.4 Å². The third-order valence-corrected chi connectivity index (χ3v) is 3.89. The topological polar surface area (TPSA) is 50.1 Å². The van der Waals surface area contributed by atoms with Crippen LogP contribution in [0.15, 0.2) is 18.2 Å². The third-order valence-electron chi connectivity index (χ3n) is 3.66. The second kappa shape index (κ2) is 5.90. The van der Waals surface area contributed by atoms with E-state index < -0.39 is 0 Å². The summed E-state index contributed by atoms with van der Waals surface area (Å²) in [5.41, 5.74) is 1.98. The van der Waals surface area contributed by atoms with Gasteiger partial charge in [0, 0.05) is 24.7 Å². The maximum atomic E-state index is 9.13. The summed E-state index contributed by atoms with van der Waals surface area (Å²) in [4.78, 5) is 4.58. The van der Waals surface area contributed by atoms with E-state index in [2.05, 4.69) is 21.8 Å². The lowest BCUT2D eigenvalue weighted by Gasteiger charge is -2.18. The molecule has 1 heterocycles. The van der Waals surface area contributed by atoms with Crippen LogP contribution in [0, 0.1) is 5.92 Å². The Balaban J connectivity index is 2.15. The van der Waals surface area contributed by atoms with Crippen LogP contribution in [0.4, 0.5) is 0 Å². The van der Waals surface area contributed by atoms with E-state index in [1.165, 1.54) is 0 Å². The van der Waals surface area contributed by atoms with Crippen LogP contribution in [0.5, 0.6) is 0 Å². The van der Waals surface area contributed by atoms with Crippen LogP contribution in [-0.2, 0) is 13.6 Å². The summed E-state index contributed by atoms with van der Waals surface area (Å²) >= 11 is 5.98. The minimum Gasteiger partial charge on any atom is -0.396 e. The van der Waals surface area contributed by atoms with Gasteiger partial charge in [-0.05, 0) is 31.0 Å². The van der Waals surface area contributed by atoms with E-state index >= 15 is 0 Å². The van der Waals surface area contributed by atoms with Gasteiger partial charge >= 0.3 is 0 Å². The van der Waals surface area contributed by atoms with Crippen LogP contribution >= 0.6 is 11.6 Å². The molecule has 0 amide bonds. The number of rotatable bonds is 5. The molecule has 0 aliphatic carbocycles. The maximum Gasteiger partial charge on any atom is 0.123 e. The molecule has 0 saturated carbocycles. The Bertz CT molecular complexity index is 567. The lowest BCUT2D eigenvalue weighted by atomic mass is 10.1. The highest BCUT2D eigenvalue weighted by molar-refractivity contribution is 6.31. The van der Waals surface area contributed by atoms with Crippen LogP contribution in [0.2, 0.25) is 5.02 Å². The second-order valence-corrected chi connectivity index (χ2v) is 5.49. The highest BCUT2D eigenvalue weighted by Gasteiger charge is 2.13. The predicted molar refractivity (Wildman–Crippen MR) is 78.3 cm³/mol. The van der Waals surface area contributed by atoms with Gasteiger partial charge in [0.25, 0.3) is 0 Å². The van der Waals surface area contributed by atoms with Crippen LogP contribution < -0.4 is 5.32 Å². The number of aromatic nitrogens is 2. The number of benzene rings is 1. The molecule has 104 valence electrons. The molecule has 2 rings (SSSR count). The van der Waals surface area contributed by atoms with Gasteiger partial charge in [0.1, 0.15) is 5.82 Å². The smallest absolute Gasteiger partial charge is 0.123 e. The average molecular weight is 282 g/mol. The fourth-order valence-electron chi connectivity index (χ4n) is 1.99. The first-order chi connectivity index (χ1) is 9.02. The SMILES string of the molecule is CC(CO)C(C)NCc1nc2cc(Cl)ccc2n1C. The molecule has 0 aliphatic heterocycles. The maximum absolute atomic E-state index is 9.13. The van der Waals surface area contributed by atoms with Crippen LogP contribution in [0.1, 0.15) is 19.7 Å². The van der Waals surface area contributed by atoms with Crippen molar-refractivity contribution >= 4 is 22.6 Å². The lowest BCUT2D eigenvalue weighted by molar-refractivity contribution is 0.206. The van der Waals surface area contributed by atoms with E-state index in [-0.39, 0.29) is 18.6 Å². The molecule has 2 aromatic rings. The van der Waals surface area contributed by atoms with Gasteiger partial charge < -0.3 is 15.0 Å². The Hall–Kier alpha value is -1.10. The summed E-state index contributed by atoms with van der Waals surface area (Å²) in [6.07, 6.45) is 0. The van der Waals surface area contributed by atoms with Crippen LogP contribution in [0.25, 0.3) is 11.0 Å². The Labute approximate surface area is 118 Å². The largest absolute Gasteiger partial charge is 0.396 e. The molecule has 2 unspecified atom stereocenters. The molecule has 19 heavy (non-hydrogen) atoms. The Kier molecular flexibility index (Phi) is 4.45. The molecule has 0 saturated heterocycles. The summed E-state index contributed by atoms with van der Waals surface area (Å²) in [6.45, 7) is 4.95. The van der Waals surface area contributed by atoms with Crippen LogP contribution in [-0.4, -0.2) is 27.3 Å². The van der Waals surface area contributed by atoms with Crippen molar-refractivity contribution in [3.63, 3.8) is 0 Å². The van der Waals surface area contributed by atoms with E-state index in [1.807, 2.05) is 32.2 Å². The van der Waals surface area contributed by atoms with Crippen molar-refractivity contribution < 1.29 is 5.11 Å². The average Bonchev–Trinajstić information content (AvgIpc) is 2.71. The standard InChI is InChI=1S/C14H20ClN3O/c1-9(8-19)10(2)16-7-14-17-12-6-11(15)4-5-13(12)18(14)3/h4-6,9-10,16,19H,7-8H2,1-3H3. The summed E-state index contributed by atoms with van der Waals surface area (Å²) < 4.78 is 2.06. The molecular weight excluding hydrogens is 262 g/mol. The van der Waals surface area contributed by atoms with Crippen molar-refractivity contribution in [3.8, 4) is 0 Å². The van der Waals surface area contributed by atoms with E-state index in [1.54, 1.807) is 0 Å².